The first kappa shape index (κ1) is 11.9. The second kappa shape index (κ2) is 4.30. The van der Waals surface area contributed by atoms with E-state index in [9.17, 15) is 4.79 Å². The molecule has 4 aromatic rings. The Balaban J connectivity index is 1.87. The van der Waals surface area contributed by atoms with Gasteiger partial charge in [0.1, 0.15) is 0 Å². The second-order valence-electron chi connectivity index (χ2n) is 4.84. The Morgan fingerprint density at radius 1 is 1.15 bits per heavy atom. The van der Waals surface area contributed by atoms with E-state index < -0.39 is 0 Å². The summed E-state index contributed by atoms with van der Waals surface area (Å²) in [6, 6.07) is 10.2. The van der Waals surface area contributed by atoms with Crippen molar-refractivity contribution in [1.82, 2.24) is 4.98 Å². The number of aromatic amines is 1. The molecule has 0 aliphatic heterocycles. The molecule has 0 atom stereocenters. The summed E-state index contributed by atoms with van der Waals surface area (Å²) in [7, 11) is 0. The number of benzene rings is 1. The molecule has 0 saturated carbocycles. The van der Waals surface area contributed by atoms with Gasteiger partial charge in [0.2, 0.25) is 5.78 Å². The van der Waals surface area contributed by atoms with Gasteiger partial charge in [0.25, 0.3) is 0 Å². The standard InChI is InChI=1S/C16H11NOS2/c1-9-2-3-12-10(6-9)11(8-17-12)16(18)15-7-14-13(20-15)4-5-19-14/h2-8,17H,1H3. The van der Waals surface area contributed by atoms with Crippen molar-refractivity contribution < 1.29 is 4.79 Å². The molecule has 4 rings (SSSR count). The minimum atomic E-state index is 0.107. The fourth-order valence-corrected chi connectivity index (χ4v) is 4.50. The lowest BCUT2D eigenvalue weighted by atomic mass is 10.1. The van der Waals surface area contributed by atoms with Crippen LogP contribution in [0.1, 0.15) is 20.8 Å². The van der Waals surface area contributed by atoms with Crippen molar-refractivity contribution in [2.24, 2.45) is 0 Å². The molecule has 1 N–H and O–H groups in total. The van der Waals surface area contributed by atoms with Crippen LogP contribution < -0.4 is 0 Å². The van der Waals surface area contributed by atoms with E-state index in [0.717, 1.165) is 21.3 Å². The third-order valence-electron chi connectivity index (χ3n) is 3.45. The molecule has 98 valence electrons. The van der Waals surface area contributed by atoms with E-state index in [1.54, 1.807) is 22.7 Å². The summed E-state index contributed by atoms with van der Waals surface area (Å²) in [6.07, 6.45) is 1.82. The second-order valence-corrected chi connectivity index (χ2v) is 6.87. The molecule has 0 fully saturated rings. The summed E-state index contributed by atoms with van der Waals surface area (Å²) in [4.78, 5) is 16.7. The Labute approximate surface area is 123 Å². The van der Waals surface area contributed by atoms with Crippen molar-refractivity contribution >= 4 is 48.8 Å². The highest BCUT2D eigenvalue weighted by Crippen LogP contribution is 2.32. The van der Waals surface area contributed by atoms with Gasteiger partial charge in [-0.2, -0.15) is 0 Å². The fourth-order valence-electron chi connectivity index (χ4n) is 2.43. The van der Waals surface area contributed by atoms with Crippen molar-refractivity contribution in [3.63, 3.8) is 0 Å². The number of carbonyl (C=O) groups excluding carboxylic acids is 1. The van der Waals surface area contributed by atoms with E-state index in [1.165, 1.54) is 15.0 Å². The first-order chi connectivity index (χ1) is 9.72. The Bertz CT molecular complexity index is 913. The monoisotopic (exact) mass is 297 g/mol. The van der Waals surface area contributed by atoms with E-state index in [2.05, 4.69) is 22.5 Å². The number of rotatable bonds is 2. The lowest BCUT2D eigenvalue weighted by molar-refractivity contribution is 0.104. The van der Waals surface area contributed by atoms with Crippen LogP contribution in [0.25, 0.3) is 20.3 Å². The van der Waals surface area contributed by atoms with Crippen LogP contribution in [0.3, 0.4) is 0 Å². The first-order valence-electron chi connectivity index (χ1n) is 6.32. The maximum atomic E-state index is 12.7. The van der Waals surface area contributed by atoms with Crippen LogP contribution in [0.5, 0.6) is 0 Å². The minimum absolute atomic E-state index is 0.107. The van der Waals surface area contributed by atoms with Crippen molar-refractivity contribution in [2.75, 3.05) is 0 Å². The number of ketones is 1. The average Bonchev–Trinajstić information content (AvgIpc) is 3.10. The quantitative estimate of drug-likeness (QED) is 0.520. The number of H-pyrrole nitrogens is 1. The number of nitrogens with one attached hydrogen (secondary N) is 1. The van der Waals surface area contributed by atoms with Crippen LogP contribution in [0.4, 0.5) is 0 Å². The maximum Gasteiger partial charge on any atom is 0.205 e. The summed E-state index contributed by atoms with van der Waals surface area (Å²) >= 11 is 3.25. The van der Waals surface area contributed by atoms with Gasteiger partial charge in [0.05, 0.1) is 4.88 Å². The smallest absolute Gasteiger partial charge is 0.205 e. The molecule has 0 saturated heterocycles. The van der Waals surface area contributed by atoms with E-state index >= 15 is 0 Å². The third kappa shape index (κ3) is 1.72. The largest absolute Gasteiger partial charge is 0.360 e. The van der Waals surface area contributed by atoms with E-state index in [4.69, 9.17) is 0 Å². The van der Waals surface area contributed by atoms with E-state index in [1.807, 2.05) is 31.3 Å². The number of hydrogen-bond donors (Lipinski definition) is 1. The van der Waals surface area contributed by atoms with Crippen LogP contribution in [-0.2, 0) is 0 Å². The number of aryl methyl sites for hydroxylation is 1. The Morgan fingerprint density at radius 2 is 2.05 bits per heavy atom. The molecule has 3 aromatic heterocycles. The molecular weight excluding hydrogens is 286 g/mol. The zero-order valence-electron chi connectivity index (χ0n) is 10.8. The summed E-state index contributed by atoms with van der Waals surface area (Å²) in [6.45, 7) is 2.04. The van der Waals surface area contributed by atoms with Crippen molar-refractivity contribution in [3.05, 3.63) is 57.9 Å². The normalized spacial score (nSPS) is 11.4. The maximum absolute atomic E-state index is 12.7. The topological polar surface area (TPSA) is 32.9 Å². The molecule has 0 radical (unpaired) electrons. The van der Waals surface area contributed by atoms with Crippen molar-refractivity contribution in [3.8, 4) is 0 Å². The molecule has 1 aromatic carbocycles. The number of carbonyl (C=O) groups is 1. The Hall–Kier alpha value is -1.91. The van der Waals surface area contributed by atoms with Gasteiger partial charge in [-0.05, 0) is 36.6 Å². The molecule has 20 heavy (non-hydrogen) atoms. The van der Waals surface area contributed by atoms with Crippen LogP contribution >= 0.6 is 22.7 Å². The van der Waals surface area contributed by atoms with Gasteiger partial charge in [-0.3, -0.25) is 4.79 Å². The number of hydrogen-bond acceptors (Lipinski definition) is 3. The van der Waals surface area contributed by atoms with Gasteiger partial charge >= 0.3 is 0 Å². The van der Waals surface area contributed by atoms with Crippen LogP contribution in [0.15, 0.2) is 41.9 Å². The zero-order chi connectivity index (χ0) is 13.7. The van der Waals surface area contributed by atoms with Crippen molar-refractivity contribution in [1.29, 1.82) is 0 Å². The predicted octanol–water partition coefficient (Wildman–Crippen LogP) is 4.98. The molecule has 3 heterocycles. The lowest BCUT2D eigenvalue weighted by Crippen LogP contribution is -1.96. The van der Waals surface area contributed by atoms with Crippen molar-refractivity contribution in [2.45, 2.75) is 6.92 Å². The van der Waals surface area contributed by atoms with Gasteiger partial charge in [-0.15, -0.1) is 22.7 Å². The Kier molecular flexibility index (Phi) is 2.55. The molecule has 0 bridgehead atoms. The predicted molar refractivity (Wildman–Crippen MR) is 86.2 cm³/mol. The molecule has 0 amide bonds. The SMILES string of the molecule is Cc1ccc2[nH]cc(C(=O)c3cc4sccc4s3)c2c1. The van der Waals surface area contributed by atoms with Gasteiger partial charge in [-0.25, -0.2) is 0 Å². The summed E-state index contributed by atoms with van der Waals surface area (Å²) in [5.74, 6) is 0.107. The minimum Gasteiger partial charge on any atom is -0.360 e. The lowest BCUT2D eigenvalue weighted by Gasteiger charge is -1.97. The van der Waals surface area contributed by atoms with Gasteiger partial charge in [0, 0.05) is 32.1 Å². The van der Waals surface area contributed by atoms with E-state index in [0.29, 0.717) is 0 Å². The van der Waals surface area contributed by atoms with Crippen LogP contribution in [0, 0.1) is 6.92 Å². The summed E-state index contributed by atoms with van der Waals surface area (Å²) < 4.78 is 2.38. The molecule has 0 aliphatic carbocycles. The Morgan fingerprint density at radius 3 is 2.90 bits per heavy atom. The van der Waals surface area contributed by atoms with Gasteiger partial charge in [-0.1, -0.05) is 11.6 Å². The van der Waals surface area contributed by atoms with Gasteiger partial charge < -0.3 is 4.98 Å². The van der Waals surface area contributed by atoms with Gasteiger partial charge in [0.15, 0.2) is 0 Å². The highest BCUT2D eigenvalue weighted by molar-refractivity contribution is 7.28. The number of thiophene rings is 2. The van der Waals surface area contributed by atoms with Crippen LogP contribution in [0.2, 0.25) is 0 Å². The molecule has 4 heteroatoms. The highest BCUT2D eigenvalue weighted by atomic mass is 32.1. The highest BCUT2D eigenvalue weighted by Gasteiger charge is 2.17. The van der Waals surface area contributed by atoms with E-state index in [-0.39, 0.29) is 5.78 Å². The first-order valence-corrected chi connectivity index (χ1v) is 8.01. The molecular formula is C16H11NOS2. The summed E-state index contributed by atoms with van der Waals surface area (Å²) in [5.41, 5.74) is 2.94. The van der Waals surface area contributed by atoms with Crippen LogP contribution in [-0.4, -0.2) is 10.8 Å². The number of aromatic nitrogens is 1. The average molecular weight is 297 g/mol. The molecule has 0 aliphatic rings. The molecule has 0 unspecified atom stereocenters. The molecule has 0 spiro atoms. The molecule has 2 nitrogen and oxygen atoms in total. The fraction of sp³-hybridized carbons (Fsp3) is 0.0625. The zero-order valence-corrected chi connectivity index (χ0v) is 12.4. The third-order valence-corrected chi connectivity index (χ3v) is 5.54. The summed E-state index contributed by atoms with van der Waals surface area (Å²) in [5, 5.41) is 3.07. The number of fused-ring (bicyclic) bond motifs is 2.